The van der Waals surface area contributed by atoms with Gasteiger partial charge in [0, 0.05) is 18.5 Å². The number of rotatable bonds is 4. The number of piperidine rings is 1. The fourth-order valence-electron chi connectivity index (χ4n) is 3.08. The van der Waals surface area contributed by atoms with Crippen molar-refractivity contribution in [2.45, 2.75) is 19.4 Å². The van der Waals surface area contributed by atoms with Crippen LogP contribution in [0.4, 0.5) is 14.5 Å². The maximum atomic E-state index is 13.7. The summed E-state index contributed by atoms with van der Waals surface area (Å²) < 4.78 is 26.6. The molecule has 7 heteroatoms. The molecule has 3 rings (SSSR count). The third kappa shape index (κ3) is 4.72. The van der Waals surface area contributed by atoms with Crippen molar-refractivity contribution >= 4 is 34.8 Å². The van der Waals surface area contributed by atoms with Crippen molar-refractivity contribution in [3.05, 3.63) is 63.6 Å². The van der Waals surface area contributed by atoms with Crippen LogP contribution in [-0.2, 0) is 11.3 Å². The standard InChI is InChI=1S/C19H18Cl2F2N2O/c20-15-3-1-12(9-16(15)21)11-25-7-5-13(6-8-25)19(26)24-18-4-2-14(22)10-17(18)23/h1-4,9-10,13H,5-8,11H2,(H,24,26). The molecule has 1 aliphatic heterocycles. The van der Waals surface area contributed by atoms with Gasteiger partial charge in [-0.1, -0.05) is 29.3 Å². The third-order valence-corrected chi connectivity index (χ3v) is 5.28. The molecule has 0 spiro atoms. The first kappa shape index (κ1) is 19.1. The van der Waals surface area contributed by atoms with E-state index in [4.69, 9.17) is 23.2 Å². The molecule has 2 aromatic carbocycles. The Morgan fingerprint density at radius 1 is 1.08 bits per heavy atom. The molecule has 138 valence electrons. The second-order valence-electron chi connectivity index (χ2n) is 6.41. The molecule has 0 bridgehead atoms. The average molecular weight is 399 g/mol. The summed E-state index contributed by atoms with van der Waals surface area (Å²) in [4.78, 5) is 14.6. The number of halogens is 4. The van der Waals surface area contributed by atoms with Gasteiger partial charge < -0.3 is 5.32 Å². The van der Waals surface area contributed by atoms with E-state index in [1.54, 1.807) is 6.07 Å². The molecule has 1 aliphatic rings. The molecule has 1 saturated heterocycles. The maximum absolute atomic E-state index is 13.7. The van der Waals surface area contributed by atoms with E-state index < -0.39 is 11.6 Å². The van der Waals surface area contributed by atoms with Gasteiger partial charge in [0.25, 0.3) is 0 Å². The van der Waals surface area contributed by atoms with E-state index in [0.717, 1.165) is 37.3 Å². The van der Waals surface area contributed by atoms with E-state index in [1.807, 2.05) is 12.1 Å². The average Bonchev–Trinajstić information content (AvgIpc) is 2.61. The molecule has 0 unspecified atom stereocenters. The van der Waals surface area contributed by atoms with Crippen LogP contribution in [0.1, 0.15) is 18.4 Å². The fraction of sp³-hybridized carbons (Fsp3) is 0.316. The van der Waals surface area contributed by atoms with Gasteiger partial charge in [0.1, 0.15) is 11.6 Å². The maximum Gasteiger partial charge on any atom is 0.227 e. The van der Waals surface area contributed by atoms with Crippen LogP contribution in [0, 0.1) is 17.6 Å². The van der Waals surface area contributed by atoms with E-state index in [0.29, 0.717) is 22.9 Å². The number of anilines is 1. The normalized spacial score (nSPS) is 15.8. The quantitative estimate of drug-likeness (QED) is 0.774. The van der Waals surface area contributed by atoms with Crippen LogP contribution >= 0.6 is 23.2 Å². The van der Waals surface area contributed by atoms with Crippen molar-refractivity contribution in [1.82, 2.24) is 4.90 Å². The summed E-state index contributed by atoms with van der Waals surface area (Å²) in [5, 5.41) is 3.61. The smallest absolute Gasteiger partial charge is 0.227 e. The topological polar surface area (TPSA) is 32.3 Å². The van der Waals surface area contributed by atoms with Gasteiger partial charge in [-0.25, -0.2) is 8.78 Å². The highest BCUT2D eigenvalue weighted by atomic mass is 35.5. The zero-order valence-corrected chi connectivity index (χ0v) is 15.5. The van der Waals surface area contributed by atoms with Crippen LogP contribution in [0.25, 0.3) is 0 Å². The molecule has 1 N–H and O–H groups in total. The minimum atomic E-state index is -0.768. The minimum Gasteiger partial charge on any atom is -0.323 e. The number of hydrogen-bond donors (Lipinski definition) is 1. The zero-order valence-electron chi connectivity index (χ0n) is 13.9. The van der Waals surface area contributed by atoms with E-state index in [1.165, 1.54) is 6.07 Å². The Bertz CT molecular complexity index is 808. The predicted octanol–water partition coefficient (Wildman–Crippen LogP) is 5.12. The van der Waals surface area contributed by atoms with Gasteiger partial charge >= 0.3 is 0 Å². The molecule has 0 aromatic heterocycles. The van der Waals surface area contributed by atoms with Gasteiger partial charge in [0.05, 0.1) is 15.7 Å². The highest BCUT2D eigenvalue weighted by Gasteiger charge is 2.25. The summed E-state index contributed by atoms with van der Waals surface area (Å²) in [6.45, 7) is 2.24. The van der Waals surface area contributed by atoms with E-state index in [-0.39, 0.29) is 17.5 Å². The van der Waals surface area contributed by atoms with Crippen LogP contribution in [0.3, 0.4) is 0 Å². The van der Waals surface area contributed by atoms with E-state index >= 15 is 0 Å². The number of likely N-dealkylation sites (tertiary alicyclic amines) is 1. The van der Waals surface area contributed by atoms with Crippen LogP contribution in [0.2, 0.25) is 10.0 Å². The van der Waals surface area contributed by atoms with Crippen LogP contribution in [0.15, 0.2) is 36.4 Å². The summed E-state index contributed by atoms with van der Waals surface area (Å²) in [6.07, 6.45) is 1.35. The summed E-state index contributed by atoms with van der Waals surface area (Å²) in [7, 11) is 0. The molecular weight excluding hydrogens is 381 g/mol. The molecule has 0 saturated carbocycles. The lowest BCUT2D eigenvalue weighted by molar-refractivity contribution is -0.121. The molecule has 1 fully saturated rings. The molecule has 1 heterocycles. The van der Waals surface area contributed by atoms with E-state index in [9.17, 15) is 13.6 Å². The van der Waals surface area contributed by atoms with Crippen molar-refractivity contribution < 1.29 is 13.6 Å². The van der Waals surface area contributed by atoms with E-state index in [2.05, 4.69) is 10.2 Å². The highest BCUT2D eigenvalue weighted by Crippen LogP contribution is 2.25. The van der Waals surface area contributed by atoms with Crippen molar-refractivity contribution in [2.24, 2.45) is 5.92 Å². The Hall–Kier alpha value is -1.69. The van der Waals surface area contributed by atoms with Gasteiger partial charge in [0.2, 0.25) is 5.91 Å². The number of hydrogen-bond acceptors (Lipinski definition) is 2. The van der Waals surface area contributed by atoms with Crippen molar-refractivity contribution in [2.75, 3.05) is 18.4 Å². The van der Waals surface area contributed by atoms with Gasteiger partial charge in [0.15, 0.2) is 0 Å². The minimum absolute atomic E-state index is 0.00892. The highest BCUT2D eigenvalue weighted by molar-refractivity contribution is 6.42. The van der Waals surface area contributed by atoms with Gasteiger partial charge in [-0.15, -0.1) is 0 Å². The lowest BCUT2D eigenvalue weighted by Gasteiger charge is -2.31. The number of carbonyl (C=O) groups is 1. The molecule has 0 aliphatic carbocycles. The first-order chi connectivity index (χ1) is 12.4. The largest absolute Gasteiger partial charge is 0.323 e. The van der Waals surface area contributed by atoms with Gasteiger partial charge in [-0.05, 0) is 55.8 Å². The van der Waals surface area contributed by atoms with Crippen molar-refractivity contribution in [3.63, 3.8) is 0 Å². The van der Waals surface area contributed by atoms with Crippen LogP contribution < -0.4 is 5.32 Å². The first-order valence-corrected chi connectivity index (χ1v) is 9.10. The molecular formula is C19H18Cl2F2N2O. The fourth-order valence-corrected chi connectivity index (χ4v) is 3.40. The summed E-state index contributed by atoms with van der Waals surface area (Å²) in [6, 6.07) is 8.68. The lowest BCUT2D eigenvalue weighted by atomic mass is 9.95. The number of benzene rings is 2. The van der Waals surface area contributed by atoms with Gasteiger partial charge in [-0.2, -0.15) is 0 Å². The molecule has 0 radical (unpaired) electrons. The monoisotopic (exact) mass is 398 g/mol. The molecule has 1 amide bonds. The molecule has 0 atom stereocenters. The second-order valence-corrected chi connectivity index (χ2v) is 7.23. The Balaban J connectivity index is 1.52. The van der Waals surface area contributed by atoms with Gasteiger partial charge in [-0.3, -0.25) is 9.69 Å². The molecule has 26 heavy (non-hydrogen) atoms. The SMILES string of the molecule is O=C(Nc1ccc(F)cc1F)C1CCN(Cc2ccc(Cl)c(Cl)c2)CC1. The Morgan fingerprint density at radius 3 is 2.46 bits per heavy atom. The number of nitrogens with zero attached hydrogens (tertiary/aromatic N) is 1. The number of nitrogens with one attached hydrogen (secondary N) is 1. The lowest BCUT2D eigenvalue weighted by Crippen LogP contribution is -2.37. The summed E-state index contributed by atoms with van der Waals surface area (Å²) in [5.41, 5.74) is 1.07. The number of carbonyl (C=O) groups excluding carboxylic acids is 1. The van der Waals surface area contributed by atoms with Crippen LogP contribution in [-0.4, -0.2) is 23.9 Å². The summed E-state index contributed by atoms with van der Waals surface area (Å²) in [5.74, 6) is -1.86. The first-order valence-electron chi connectivity index (χ1n) is 8.34. The Morgan fingerprint density at radius 2 is 1.81 bits per heavy atom. The molecule has 3 nitrogen and oxygen atoms in total. The summed E-state index contributed by atoms with van der Waals surface area (Å²) >= 11 is 12.0. The second kappa shape index (κ2) is 8.33. The predicted molar refractivity (Wildman–Crippen MR) is 99.5 cm³/mol. The van der Waals surface area contributed by atoms with Crippen molar-refractivity contribution in [3.8, 4) is 0 Å². The zero-order chi connectivity index (χ0) is 18.7. The Labute approximate surface area is 160 Å². The molecule has 2 aromatic rings. The third-order valence-electron chi connectivity index (χ3n) is 4.54. The van der Waals surface area contributed by atoms with Crippen LogP contribution in [0.5, 0.6) is 0 Å². The number of amides is 1. The van der Waals surface area contributed by atoms with Crippen molar-refractivity contribution in [1.29, 1.82) is 0 Å². The Kier molecular flexibility index (Phi) is 6.12.